The maximum Gasteiger partial charge on any atom is 0.0934 e. The summed E-state index contributed by atoms with van der Waals surface area (Å²) in [5.41, 5.74) is 1.84. The van der Waals surface area contributed by atoms with E-state index in [1.807, 2.05) is 0 Å². The summed E-state index contributed by atoms with van der Waals surface area (Å²) in [6, 6.07) is 2.70. The lowest BCUT2D eigenvalue weighted by Gasteiger charge is -2.38. The first kappa shape index (κ1) is 14.8. The number of aryl methyl sites for hydroxylation is 1. The molecule has 0 aromatic carbocycles. The van der Waals surface area contributed by atoms with Gasteiger partial charge in [-0.05, 0) is 57.8 Å². The summed E-state index contributed by atoms with van der Waals surface area (Å²) in [6.07, 6.45) is 9.16. The molecule has 0 bridgehead atoms. The first-order chi connectivity index (χ1) is 9.61. The van der Waals surface area contributed by atoms with Crippen molar-refractivity contribution in [3.63, 3.8) is 0 Å². The zero-order valence-corrected chi connectivity index (χ0v) is 14.1. The molecule has 0 amide bonds. The molecule has 4 heteroatoms. The van der Waals surface area contributed by atoms with Gasteiger partial charge in [0, 0.05) is 23.0 Å². The molecule has 2 aliphatic rings. The van der Waals surface area contributed by atoms with Crippen molar-refractivity contribution >= 4 is 22.9 Å². The Labute approximate surface area is 131 Å². The molecule has 1 aromatic heterocycles. The van der Waals surface area contributed by atoms with Crippen LogP contribution in [0.15, 0.2) is 6.07 Å². The van der Waals surface area contributed by atoms with Crippen LogP contribution >= 0.6 is 22.9 Å². The smallest absolute Gasteiger partial charge is 0.0934 e. The van der Waals surface area contributed by atoms with Crippen LogP contribution in [0.3, 0.4) is 0 Å². The number of hydrogen-bond donors (Lipinski definition) is 1. The highest BCUT2D eigenvalue weighted by Gasteiger charge is 2.36. The van der Waals surface area contributed by atoms with E-state index >= 15 is 0 Å². The maximum atomic E-state index is 6.20. The zero-order valence-electron chi connectivity index (χ0n) is 12.5. The van der Waals surface area contributed by atoms with Crippen molar-refractivity contribution in [2.75, 3.05) is 20.6 Å². The molecule has 2 nitrogen and oxygen atoms in total. The van der Waals surface area contributed by atoms with Crippen LogP contribution in [0.25, 0.3) is 0 Å². The summed E-state index contributed by atoms with van der Waals surface area (Å²) in [5.74, 6) is 0. The largest absolute Gasteiger partial charge is 0.308 e. The van der Waals surface area contributed by atoms with Crippen molar-refractivity contribution in [1.82, 2.24) is 10.2 Å². The van der Waals surface area contributed by atoms with E-state index in [-0.39, 0.29) is 0 Å². The van der Waals surface area contributed by atoms with Gasteiger partial charge in [-0.25, -0.2) is 0 Å². The van der Waals surface area contributed by atoms with E-state index < -0.39 is 0 Å². The number of hydrogen-bond acceptors (Lipinski definition) is 3. The lowest BCUT2D eigenvalue weighted by molar-refractivity contribution is 0.147. The fourth-order valence-corrected chi connectivity index (χ4v) is 5.25. The van der Waals surface area contributed by atoms with Crippen LogP contribution in [-0.2, 0) is 6.42 Å². The predicted molar refractivity (Wildman–Crippen MR) is 87.9 cm³/mol. The molecule has 1 fully saturated rings. The molecular weight excluding hydrogens is 288 g/mol. The molecule has 1 saturated carbocycles. The Hall–Kier alpha value is -0.0900. The minimum absolute atomic E-state index is 0.372. The van der Waals surface area contributed by atoms with E-state index in [2.05, 4.69) is 30.4 Å². The summed E-state index contributed by atoms with van der Waals surface area (Å²) in [4.78, 5) is 3.95. The number of nitrogens with zero attached hydrogens (tertiary/aromatic N) is 1. The Bertz CT molecular complexity index is 463. The highest BCUT2D eigenvalue weighted by molar-refractivity contribution is 7.16. The number of thiophene rings is 1. The van der Waals surface area contributed by atoms with Gasteiger partial charge in [-0.2, -0.15) is 0 Å². The van der Waals surface area contributed by atoms with Gasteiger partial charge in [0.25, 0.3) is 0 Å². The standard InChI is InChI=1S/C16H25ClN2S/c1-19(2)16(8-3-4-9-16)11-18-13-6-5-7-14-12(13)10-15(17)20-14/h10,13,18H,3-9,11H2,1-2H3. The van der Waals surface area contributed by atoms with Gasteiger partial charge in [-0.15, -0.1) is 11.3 Å². The highest BCUT2D eigenvalue weighted by Crippen LogP contribution is 2.39. The molecule has 3 rings (SSSR count). The van der Waals surface area contributed by atoms with Crippen LogP contribution in [0.4, 0.5) is 0 Å². The third kappa shape index (κ3) is 2.78. The van der Waals surface area contributed by atoms with Gasteiger partial charge in [0.05, 0.1) is 4.34 Å². The van der Waals surface area contributed by atoms with Crippen LogP contribution in [0.1, 0.15) is 55.0 Å². The van der Waals surface area contributed by atoms with Crippen LogP contribution in [0.5, 0.6) is 0 Å². The lowest BCUT2D eigenvalue weighted by atomic mass is 9.91. The van der Waals surface area contributed by atoms with Crippen molar-refractivity contribution in [2.24, 2.45) is 0 Å². The average Bonchev–Trinajstić information content (AvgIpc) is 3.02. The SMILES string of the molecule is CN(C)C1(CNC2CCCc3sc(Cl)cc32)CCCC1. The molecule has 1 unspecified atom stereocenters. The highest BCUT2D eigenvalue weighted by atomic mass is 35.5. The number of halogens is 1. The van der Waals surface area contributed by atoms with E-state index in [1.165, 1.54) is 55.4 Å². The Morgan fingerprint density at radius 3 is 2.80 bits per heavy atom. The predicted octanol–water partition coefficient (Wildman–Crippen LogP) is 4.24. The van der Waals surface area contributed by atoms with E-state index in [0.717, 1.165) is 10.9 Å². The normalized spacial score (nSPS) is 25.1. The van der Waals surface area contributed by atoms with Crippen LogP contribution in [-0.4, -0.2) is 31.1 Å². The minimum atomic E-state index is 0.372. The second-order valence-electron chi connectivity index (χ2n) is 6.58. The molecule has 20 heavy (non-hydrogen) atoms. The fourth-order valence-electron chi connectivity index (χ4n) is 3.86. The molecule has 1 atom stereocenters. The first-order valence-corrected chi connectivity index (χ1v) is 8.99. The van der Waals surface area contributed by atoms with Gasteiger partial charge >= 0.3 is 0 Å². The van der Waals surface area contributed by atoms with Gasteiger partial charge in [0.1, 0.15) is 0 Å². The average molecular weight is 313 g/mol. The third-order valence-electron chi connectivity index (χ3n) is 5.24. The maximum absolute atomic E-state index is 6.20. The third-order valence-corrected chi connectivity index (χ3v) is 6.58. The molecule has 112 valence electrons. The van der Waals surface area contributed by atoms with Crippen molar-refractivity contribution in [2.45, 2.75) is 56.5 Å². The van der Waals surface area contributed by atoms with Crippen LogP contribution in [0, 0.1) is 0 Å². The molecule has 1 aromatic rings. The van der Waals surface area contributed by atoms with Gasteiger partial charge < -0.3 is 10.2 Å². The molecule has 1 N–H and O–H groups in total. The van der Waals surface area contributed by atoms with Gasteiger partial charge in [0.2, 0.25) is 0 Å². The Morgan fingerprint density at radius 1 is 1.35 bits per heavy atom. The lowest BCUT2D eigenvalue weighted by Crippen LogP contribution is -2.50. The molecule has 0 aliphatic heterocycles. The van der Waals surface area contributed by atoms with E-state index in [1.54, 1.807) is 11.3 Å². The summed E-state index contributed by atoms with van der Waals surface area (Å²) in [5, 5.41) is 3.86. The van der Waals surface area contributed by atoms with Crippen molar-refractivity contribution in [3.8, 4) is 0 Å². The molecule has 0 spiro atoms. The van der Waals surface area contributed by atoms with Crippen LogP contribution in [0.2, 0.25) is 4.34 Å². The fraction of sp³-hybridized carbons (Fsp3) is 0.750. The monoisotopic (exact) mass is 312 g/mol. The quantitative estimate of drug-likeness (QED) is 0.894. The number of rotatable bonds is 4. The minimum Gasteiger partial charge on any atom is -0.308 e. The Balaban J connectivity index is 1.69. The summed E-state index contributed by atoms with van der Waals surface area (Å²) in [7, 11) is 4.47. The molecule has 2 aliphatic carbocycles. The molecule has 1 heterocycles. The second-order valence-corrected chi connectivity index (χ2v) is 8.35. The van der Waals surface area contributed by atoms with E-state index in [9.17, 15) is 0 Å². The zero-order chi connectivity index (χ0) is 14.2. The number of likely N-dealkylation sites (N-methyl/N-ethyl adjacent to an activating group) is 1. The van der Waals surface area contributed by atoms with Crippen molar-refractivity contribution in [3.05, 3.63) is 20.8 Å². The van der Waals surface area contributed by atoms with E-state index in [0.29, 0.717) is 11.6 Å². The second kappa shape index (κ2) is 5.96. The summed E-state index contributed by atoms with van der Waals surface area (Å²) < 4.78 is 0.951. The van der Waals surface area contributed by atoms with Crippen molar-refractivity contribution in [1.29, 1.82) is 0 Å². The van der Waals surface area contributed by atoms with Crippen molar-refractivity contribution < 1.29 is 0 Å². The van der Waals surface area contributed by atoms with Gasteiger partial charge in [0.15, 0.2) is 0 Å². The summed E-state index contributed by atoms with van der Waals surface area (Å²) in [6.45, 7) is 1.11. The molecule has 0 saturated heterocycles. The number of nitrogens with one attached hydrogen (secondary N) is 1. The number of fused-ring (bicyclic) bond motifs is 1. The van der Waals surface area contributed by atoms with Crippen LogP contribution < -0.4 is 5.32 Å². The van der Waals surface area contributed by atoms with Gasteiger partial charge in [-0.1, -0.05) is 24.4 Å². The first-order valence-electron chi connectivity index (χ1n) is 7.80. The van der Waals surface area contributed by atoms with E-state index in [4.69, 9.17) is 11.6 Å². The Kier molecular flexibility index (Phi) is 4.42. The summed E-state index contributed by atoms with van der Waals surface area (Å²) >= 11 is 7.98. The molecular formula is C16H25ClN2S. The van der Waals surface area contributed by atoms with Gasteiger partial charge in [-0.3, -0.25) is 0 Å². The molecule has 0 radical (unpaired) electrons. The Morgan fingerprint density at radius 2 is 2.10 bits per heavy atom. The topological polar surface area (TPSA) is 15.3 Å².